The van der Waals surface area contributed by atoms with Gasteiger partial charge in [0.1, 0.15) is 5.82 Å². The number of rotatable bonds is 10. The lowest BCUT2D eigenvalue weighted by Gasteiger charge is -2.28. The van der Waals surface area contributed by atoms with Crippen molar-refractivity contribution in [1.29, 1.82) is 5.41 Å². The molecule has 4 heteroatoms. The van der Waals surface area contributed by atoms with Gasteiger partial charge in [0.05, 0.1) is 0 Å². The summed E-state index contributed by atoms with van der Waals surface area (Å²) in [7, 11) is 0. The van der Waals surface area contributed by atoms with Crippen molar-refractivity contribution >= 4 is 11.9 Å². The number of allylic oxidation sites excluding steroid dienone is 3. The van der Waals surface area contributed by atoms with E-state index < -0.39 is 0 Å². The van der Waals surface area contributed by atoms with Gasteiger partial charge in [0, 0.05) is 24.0 Å². The molecule has 0 aromatic rings. The minimum Gasteiger partial charge on any atom is -0.405 e. The van der Waals surface area contributed by atoms with Gasteiger partial charge < -0.3 is 16.5 Å². The van der Waals surface area contributed by atoms with Gasteiger partial charge in [0.2, 0.25) is 0 Å². The Morgan fingerprint density at radius 3 is 2.48 bits per heavy atom. The van der Waals surface area contributed by atoms with Gasteiger partial charge in [0.25, 0.3) is 0 Å². The van der Waals surface area contributed by atoms with Crippen molar-refractivity contribution in [3.63, 3.8) is 0 Å². The molecule has 0 amide bonds. The third-order valence-corrected chi connectivity index (χ3v) is 4.59. The molecule has 4 nitrogen and oxygen atoms in total. The Kier molecular flexibility index (Phi) is 7.27. The molecule has 4 N–H and O–H groups in total. The zero-order valence-corrected chi connectivity index (χ0v) is 15.1. The third-order valence-electron chi connectivity index (χ3n) is 4.59. The predicted octanol–water partition coefficient (Wildman–Crippen LogP) is 4.16. The Labute approximate surface area is 141 Å². The number of nitrogens with two attached hydrogens (primary N) is 1. The molecule has 1 fully saturated rings. The molecule has 23 heavy (non-hydrogen) atoms. The molecule has 1 aliphatic carbocycles. The highest BCUT2D eigenvalue weighted by atomic mass is 15.0. The van der Waals surface area contributed by atoms with Gasteiger partial charge >= 0.3 is 0 Å². The van der Waals surface area contributed by atoms with Crippen molar-refractivity contribution in [2.75, 3.05) is 6.54 Å². The Bertz CT molecular complexity index is 521. The summed E-state index contributed by atoms with van der Waals surface area (Å²) in [6.45, 7) is 13.1. The molecule has 0 radical (unpaired) electrons. The number of hydrogen-bond acceptors (Lipinski definition) is 4. The highest BCUT2D eigenvalue weighted by molar-refractivity contribution is 5.99. The van der Waals surface area contributed by atoms with Crippen LogP contribution >= 0.6 is 0 Å². The van der Waals surface area contributed by atoms with E-state index in [0.29, 0.717) is 17.0 Å². The van der Waals surface area contributed by atoms with Crippen molar-refractivity contribution in [3.05, 3.63) is 35.8 Å². The van der Waals surface area contributed by atoms with E-state index in [4.69, 9.17) is 11.1 Å². The molecule has 0 spiro atoms. The molecule has 0 bridgehead atoms. The lowest BCUT2D eigenvalue weighted by molar-refractivity contribution is 0.322. The minimum atomic E-state index is 0.295. The monoisotopic (exact) mass is 316 g/mol. The largest absolute Gasteiger partial charge is 0.405 e. The normalized spacial score (nSPS) is 18.8. The molecule has 1 aliphatic rings. The van der Waals surface area contributed by atoms with Crippen LogP contribution < -0.4 is 11.1 Å². The van der Waals surface area contributed by atoms with Gasteiger partial charge in [-0.05, 0) is 63.6 Å². The van der Waals surface area contributed by atoms with Crippen LogP contribution in [0, 0.1) is 16.7 Å². The zero-order chi connectivity index (χ0) is 17.5. The van der Waals surface area contributed by atoms with E-state index in [1.165, 1.54) is 37.5 Å². The van der Waals surface area contributed by atoms with Crippen molar-refractivity contribution in [2.45, 2.75) is 53.4 Å². The summed E-state index contributed by atoms with van der Waals surface area (Å²) in [5.74, 6) is 1.28. The SMILES string of the molecule is C=C(C)C(CCC)C1(CN/C(N=CC)=C(\C=C/N)C(C)=N)CC1. The molecule has 0 aromatic carbocycles. The van der Waals surface area contributed by atoms with Crippen LogP contribution in [0.25, 0.3) is 0 Å². The Morgan fingerprint density at radius 2 is 2.09 bits per heavy atom. The average molecular weight is 316 g/mol. The molecule has 0 heterocycles. The topological polar surface area (TPSA) is 74.3 Å². The number of aliphatic imine (C=N–C) groups is 1. The second-order valence-corrected chi connectivity index (χ2v) is 6.54. The summed E-state index contributed by atoms with van der Waals surface area (Å²) in [6, 6.07) is 0. The molecule has 1 rings (SSSR count). The average Bonchev–Trinajstić information content (AvgIpc) is 3.27. The van der Waals surface area contributed by atoms with Gasteiger partial charge in [-0.15, -0.1) is 0 Å². The number of nitrogens with one attached hydrogen (secondary N) is 2. The molecule has 128 valence electrons. The minimum absolute atomic E-state index is 0.295. The Balaban J connectivity index is 2.97. The van der Waals surface area contributed by atoms with E-state index in [2.05, 4.69) is 30.7 Å². The predicted molar refractivity (Wildman–Crippen MR) is 101 cm³/mol. The van der Waals surface area contributed by atoms with Gasteiger partial charge in [-0.25, -0.2) is 4.99 Å². The maximum Gasteiger partial charge on any atom is 0.134 e. The number of nitrogens with zero attached hydrogens (tertiary/aromatic N) is 1. The number of hydrogen-bond donors (Lipinski definition) is 3. The van der Waals surface area contributed by atoms with Gasteiger partial charge in [0.15, 0.2) is 0 Å². The van der Waals surface area contributed by atoms with Gasteiger partial charge in [-0.2, -0.15) is 0 Å². The molecular weight excluding hydrogens is 284 g/mol. The Hall–Kier alpha value is -1.84. The summed E-state index contributed by atoms with van der Waals surface area (Å²) in [5, 5.41) is 11.4. The highest BCUT2D eigenvalue weighted by Crippen LogP contribution is 2.55. The van der Waals surface area contributed by atoms with Crippen LogP contribution in [-0.4, -0.2) is 18.5 Å². The summed E-state index contributed by atoms with van der Waals surface area (Å²) < 4.78 is 0. The van der Waals surface area contributed by atoms with Crippen molar-refractivity contribution in [2.24, 2.45) is 22.1 Å². The fourth-order valence-electron chi connectivity index (χ4n) is 3.25. The van der Waals surface area contributed by atoms with Crippen LogP contribution in [0.3, 0.4) is 0 Å². The van der Waals surface area contributed by atoms with Crippen LogP contribution in [0.15, 0.2) is 40.8 Å². The smallest absolute Gasteiger partial charge is 0.134 e. The summed E-state index contributed by atoms with van der Waals surface area (Å²) >= 11 is 0. The molecule has 1 saturated carbocycles. The molecule has 0 saturated heterocycles. The second kappa shape index (κ2) is 8.70. The van der Waals surface area contributed by atoms with Crippen LogP contribution in [-0.2, 0) is 0 Å². The third kappa shape index (κ3) is 5.08. The summed E-state index contributed by atoms with van der Waals surface area (Å²) in [4.78, 5) is 4.42. The lowest BCUT2D eigenvalue weighted by Crippen LogP contribution is -2.30. The van der Waals surface area contributed by atoms with Crippen LogP contribution in [0.1, 0.15) is 53.4 Å². The molecule has 1 unspecified atom stereocenters. The van der Waals surface area contributed by atoms with Crippen LogP contribution in [0.2, 0.25) is 0 Å². The van der Waals surface area contributed by atoms with Crippen molar-refractivity contribution in [1.82, 2.24) is 5.32 Å². The maximum atomic E-state index is 7.94. The van der Waals surface area contributed by atoms with Crippen LogP contribution in [0.5, 0.6) is 0 Å². The van der Waals surface area contributed by atoms with Crippen LogP contribution in [0.4, 0.5) is 0 Å². The fourth-order valence-corrected chi connectivity index (χ4v) is 3.25. The summed E-state index contributed by atoms with van der Waals surface area (Å²) in [6.07, 6.45) is 9.76. The first-order valence-corrected chi connectivity index (χ1v) is 8.47. The Morgan fingerprint density at radius 1 is 1.43 bits per heavy atom. The standard InChI is InChI=1S/C19H32N4/c1-6-8-17(14(3)4)19(10-11-19)13-23-18(22-7-2)16(9-12-20)15(5)21/h7,9,12,17,21,23H,3,6,8,10-11,13,20H2,1-2,4-5H3/b12-9-,18-16+,21-15?,22-7?. The van der Waals surface area contributed by atoms with Crippen molar-refractivity contribution in [3.8, 4) is 0 Å². The van der Waals surface area contributed by atoms with E-state index in [0.717, 1.165) is 17.9 Å². The van der Waals surface area contributed by atoms with E-state index >= 15 is 0 Å². The van der Waals surface area contributed by atoms with Gasteiger partial charge in [-0.3, -0.25) is 0 Å². The van der Waals surface area contributed by atoms with E-state index in [-0.39, 0.29) is 0 Å². The zero-order valence-electron chi connectivity index (χ0n) is 15.1. The first-order chi connectivity index (χ1) is 10.9. The van der Waals surface area contributed by atoms with Gasteiger partial charge in [-0.1, -0.05) is 25.5 Å². The first kappa shape index (κ1) is 19.2. The first-order valence-electron chi connectivity index (χ1n) is 8.47. The highest BCUT2D eigenvalue weighted by Gasteiger charge is 2.48. The summed E-state index contributed by atoms with van der Waals surface area (Å²) in [5.41, 5.74) is 8.29. The maximum absolute atomic E-state index is 7.94. The van der Waals surface area contributed by atoms with E-state index in [9.17, 15) is 0 Å². The molecule has 0 aliphatic heterocycles. The molecule has 0 aromatic heterocycles. The molecular formula is C19H32N4. The second-order valence-electron chi connectivity index (χ2n) is 6.54. The lowest BCUT2D eigenvalue weighted by atomic mass is 9.81. The van der Waals surface area contributed by atoms with E-state index in [1.54, 1.807) is 19.2 Å². The van der Waals surface area contributed by atoms with Crippen molar-refractivity contribution < 1.29 is 0 Å². The molecule has 1 atom stereocenters. The van der Waals surface area contributed by atoms with E-state index in [1.807, 2.05) is 6.92 Å². The fraction of sp³-hybridized carbons (Fsp3) is 0.579. The quantitative estimate of drug-likeness (QED) is 0.321.